The maximum Gasteiger partial charge on any atom is 0.322 e. The smallest absolute Gasteiger partial charge is 0.322 e. The Balaban J connectivity index is 1.39. The van der Waals surface area contributed by atoms with Crippen molar-refractivity contribution in [3.8, 4) is 0 Å². The Hall–Kier alpha value is -2.37. The lowest BCUT2D eigenvalue weighted by Crippen LogP contribution is -2.50. The summed E-state index contributed by atoms with van der Waals surface area (Å²) in [6.07, 6.45) is 4.28. The maximum absolute atomic E-state index is 12.7. The normalized spacial score (nSPS) is 25.8. The molecule has 4 amide bonds. The molecule has 1 aliphatic carbocycles. The van der Waals surface area contributed by atoms with Crippen LogP contribution in [0.4, 0.5) is 4.79 Å². The second-order valence-corrected chi connectivity index (χ2v) is 7.30. The molecule has 3 aliphatic rings. The fourth-order valence-electron chi connectivity index (χ4n) is 4.13. The van der Waals surface area contributed by atoms with Crippen molar-refractivity contribution in [1.29, 1.82) is 0 Å². The van der Waals surface area contributed by atoms with Gasteiger partial charge in [-0.2, -0.15) is 0 Å². The summed E-state index contributed by atoms with van der Waals surface area (Å²) in [5.74, 6) is -0.0296. The molecule has 0 bridgehead atoms. The first-order chi connectivity index (χ1) is 12.1. The zero-order valence-electron chi connectivity index (χ0n) is 14.2. The van der Waals surface area contributed by atoms with Gasteiger partial charge in [-0.1, -0.05) is 24.3 Å². The summed E-state index contributed by atoms with van der Waals surface area (Å²) in [6, 6.07) is 7.90. The Morgan fingerprint density at radius 3 is 2.28 bits per heavy atom. The molecule has 6 nitrogen and oxygen atoms in total. The minimum Gasteiger partial charge on any atom is -0.342 e. The lowest BCUT2D eigenvalue weighted by atomic mass is 9.87. The van der Waals surface area contributed by atoms with Gasteiger partial charge in [0.05, 0.1) is 0 Å². The summed E-state index contributed by atoms with van der Waals surface area (Å²) < 4.78 is 0. The number of hydrogen-bond donors (Lipinski definition) is 2. The molecular weight excluding hydrogens is 318 g/mol. The van der Waals surface area contributed by atoms with Gasteiger partial charge in [0, 0.05) is 19.5 Å². The standard InChI is InChI=1S/C19H23N3O3/c23-16(22-11-8-13-3-1-2-4-14(13)9-12-22)7-10-19(15-5-6-15)17(24)20-18(25)21-19/h1-4,15H,5-12H2,(H2,20,21,24,25)/t19-/m0/s1. The number of nitrogens with one attached hydrogen (secondary N) is 2. The Bertz CT molecular complexity index is 701. The molecule has 2 heterocycles. The predicted molar refractivity (Wildman–Crippen MR) is 91.8 cm³/mol. The highest BCUT2D eigenvalue weighted by Crippen LogP contribution is 2.43. The molecule has 1 aromatic rings. The number of fused-ring (bicyclic) bond motifs is 1. The van der Waals surface area contributed by atoms with E-state index in [-0.39, 0.29) is 17.7 Å². The number of urea groups is 1. The van der Waals surface area contributed by atoms with Gasteiger partial charge in [0.1, 0.15) is 5.54 Å². The molecule has 6 heteroatoms. The minimum absolute atomic E-state index is 0.0711. The van der Waals surface area contributed by atoms with Crippen molar-refractivity contribution in [2.45, 2.75) is 44.1 Å². The highest BCUT2D eigenvalue weighted by Gasteiger charge is 2.55. The van der Waals surface area contributed by atoms with Crippen LogP contribution < -0.4 is 10.6 Å². The summed E-state index contributed by atoms with van der Waals surface area (Å²) in [4.78, 5) is 38.5. The van der Waals surface area contributed by atoms with Crippen LogP contribution in [0.25, 0.3) is 0 Å². The van der Waals surface area contributed by atoms with Gasteiger partial charge in [-0.25, -0.2) is 4.79 Å². The zero-order valence-corrected chi connectivity index (χ0v) is 14.2. The number of hydrogen-bond acceptors (Lipinski definition) is 3. The third kappa shape index (κ3) is 3.01. The monoisotopic (exact) mass is 341 g/mol. The van der Waals surface area contributed by atoms with Gasteiger partial charge in [-0.3, -0.25) is 14.9 Å². The van der Waals surface area contributed by atoms with E-state index in [1.165, 1.54) is 11.1 Å². The summed E-state index contributed by atoms with van der Waals surface area (Å²) in [6.45, 7) is 1.43. The molecule has 132 valence electrons. The number of nitrogens with zero attached hydrogens (tertiary/aromatic N) is 1. The third-order valence-electron chi connectivity index (χ3n) is 5.75. The maximum atomic E-state index is 12.7. The highest BCUT2D eigenvalue weighted by atomic mass is 16.2. The lowest BCUT2D eigenvalue weighted by molar-refractivity contribution is -0.132. The molecule has 2 aliphatic heterocycles. The second-order valence-electron chi connectivity index (χ2n) is 7.30. The molecule has 0 radical (unpaired) electrons. The van der Waals surface area contributed by atoms with Crippen LogP contribution in [-0.4, -0.2) is 41.4 Å². The molecule has 1 atom stereocenters. The average molecular weight is 341 g/mol. The molecule has 2 fully saturated rings. The Labute approximate surface area is 147 Å². The van der Waals surface area contributed by atoms with Crippen LogP contribution in [0.2, 0.25) is 0 Å². The fourth-order valence-corrected chi connectivity index (χ4v) is 4.13. The van der Waals surface area contributed by atoms with E-state index in [4.69, 9.17) is 0 Å². The van der Waals surface area contributed by atoms with E-state index in [1.807, 2.05) is 17.0 Å². The van der Waals surface area contributed by atoms with E-state index in [0.29, 0.717) is 25.9 Å². The number of carbonyl (C=O) groups is 3. The number of rotatable bonds is 4. The Kier molecular flexibility index (Phi) is 3.98. The molecule has 1 saturated carbocycles. The van der Waals surface area contributed by atoms with E-state index in [0.717, 1.165) is 25.7 Å². The van der Waals surface area contributed by atoms with E-state index in [1.54, 1.807) is 0 Å². The van der Waals surface area contributed by atoms with E-state index >= 15 is 0 Å². The molecule has 25 heavy (non-hydrogen) atoms. The Morgan fingerprint density at radius 1 is 1.12 bits per heavy atom. The molecule has 0 aromatic heterocycles. The van der Waals surface area contributed by atoms with Gasteiger partial charge in [-0.05, 0) is 49.1 Å². The molecule has 0 unspecified atom stereocenters. The SMILES string of the molecule is O=C1NC(=O)[C@](CCC(=O)N2CCc3ccccc3CC2)(C2CC2)N1. The van der Waals surface area contributed by atoms with Crippen LogP contribution in [0.3, 0.4) is 0 Å². The molecule has 0 spiro atoms. The van der Waals surface area contributed by atoms with E-state index < -0.39 is 11.6 Å². The molecule has 2 N–H and O–H groups in total. The third-order valence-corrected chi connectivity index (χ3v) is 5.75. The summed E-state index contributed by atoms with van der Waals surface area (Å²) in [5, 5.41) is 5.13. The van der Waals surface area contributed by atoms with Crippen LogP contribution in [0.5, 0.6) is 0 Å². The number of imide groups is 1. The fraction of sp³-hybridized carbons (Fsp3) is 0.526. The van der Waals surface area contributed by atoms with Gasteiger partial charge in [-0.15, -0.1) is 0 Å². The number of benzene rings is 1. The van der Waals surface area contributed by atoms with E-state index in [2.05, 4.69) is 22.8 Å². The van der Waals surface area contributed by atoms with Crippen LogP contribution >= 0.6 is 0 Å². The first-order valence-corrected chi connectivity index (χ1v) is 9.07. The van der Waals surface area contributed by atoms with Crippen molar-refractivity contribution in [1.82, 2.24) is 15.5 Å². The second kappa shape index (κ2) is 6.17. The largest absolute Gasteiger partial charge is 0.342 e. The molecule has 4 rings (SSSR count). The predicted octanol–water partition coefficient (Wildman–Crippen LogP) is 1.38. The zero-order chi connectivity index (χ0) is 17.4. The van der Waals surface area contributed by atoms with Crippen LogP contribution in [-0.2, 0) is 22.4 Å². The summed E-state index contributed by atoms with van der Waals surface area (Å²) in [7, 11) is 0. The van der Waals surface area contributed by atoms with Crippen LogP contribution in [0.15, 0.2) is 24.3 Å². The first-order valence-electron chi connectivity index (χ1n) is 9.07. The van der Waals surface area contributed by atoms with Gasteiger partial charge in [0.15, 0.2) is 0 Å². The topological polar surface area (TPSA) is 78.5 Å². The van der Waals surface area contributed by atoms with Gasteiger partial charge in [0.25, 0.3) is 5.91 Å². The van der Waals surface area contributed by atoms with Crippen molar-refractivity contribution < 1.29 is 14.4 Å². The van der Waals surface area contributed by atoms with Crippen LogP contribution in [0, 0.1) is 5.92 Å². The highest BCUT2D eigenvalue weighted by molar-refractivity contribution is 6.07. The first kappa shape index (κ1) is 16.1. The molecule has 1 saturated heterocycles. The van der Waals surface area contributed by atoms with Crippen LogP contribution in [0.1, 0.15) is 36.8 Å². The van der Waals surface area contributed by atoms with Crippen molar-refractivity contribution in [2.75, 3.05) is 13.1 Å². The number of carbonyl (C=O) groups excluding carboxylic acids is 3. The summed E-state index contributed by atoms with van der Waals surface area (Å²) >= 11 is 0. The van der Waals surface area contributed by atoms with Crippen molar-refractivity contribution in [3.05, 3.63) is 35.4 Å². The lowest BCUT2D eigenvalue weighted by Gasteiger charge is -2.27. The minimum atomic E-state index is -0.873. The van der Waals surface area contributed by atoms with Gasteiger partial charge >= 0.3 is 6.03 Å². The summed E-state index contributed by atoms with van der Waals surface area (Å²) in [5.41, 5.74) is 1.76. The number of amides is 4. The van der Waals surface area contributed by atoms with Crippen molar-refractivity contribution >= 4 is 17.8 Å². The molecule has 1 aromatic carbocycles. The van der Waals surface area contributed by atoms with Gasteiger partial charge < -0.3 is 10.2 Å². The van der Waals surface area contributed by atoms with E-state index in [9.17, 15) is 14.4 Å². The van der Waals surface area contributed by atoms with Crippen molar-refractivity contribution in [3.63, 3.8) is 0 Å². The average Bonchev–Trinajstić information content (AvgIpc) is 3.41. The quantitative estimate of drug-likeness (QED) is 0.812. The van der Waals surface area contributed by atoms with Crippen molar-refractivity contribution in [2.24, 2.45) is 5.92 Å². The Morgan fingerprint density at radius 2 is 1.76 bits per heavy atom. The molecular formula is C19H23N3O3. The van der Waals surface area contributed by atoms with Gasteiger partial charge in [0.2, 0.25) is 5.91 Å².